The lowest BCUT2D eigenvalue weighted by Crippen LogP contribution is -2.08. The monoisotopic (exact) mass is 472 g/mol. The molecule has 0 atom stereocenters. The molecule has 3 aromatic rings. The normalized spacial score (nSPS) is 14.4. The molecule has 1 heterocycles. The van der Waals surface area contributed by atoms with Crippen molar-refractivity contribution in [2.24, 2.45) is 4.99 Å². The van der Waals surface area contributed by atoms with E-state index < -0.39 is 37.7 Å². The Labute approximate surface area is 186 Å². The maximum absolute atomic E-state index is 13.9. The fraction of sp³-hybridized carbons (Fsp3) is 0.0455. The number of allylic oxidation sites excluding steroid dienone is 1. The Morgan fingerprint density at radius 1 is 1.03 bits per heavy atom. The molecule has 0 unspecified atom stereocenters. The lowest BCUT2D eigenvalue weighted by atomic mass is 10.2. The van der Waals surface area contributed by atoms with E-state index in [0.717, 1.165) is 12.1 Å². The fourth-order valence-electron chi connectivity index (χ4n) is 3.03. The van der Waals surface area contributed by atoms with E-state index in [1.165, 1.54) is 48.2 Å². The first-order chi connectivity index (χ1) is 15.2. The van der Waals surface area contributed by atoms with Crippen LogP contribution in [0.2, 0.25) is 0 Å². The van der Waals surface area contributed by atoms with Gasteiger partial charge in [0.15, 0.2) is 9.84 Å². The molecule has 0 amide bonds. The average Bonchev–Trinajstić information content (AvgIpc) is 2.76. The van der Waals surface area contributed by atoms with E-state index in [-0.39, 0.29) is 10.6 Å². The third kappa shape index (κ3) is 4.61. The number of rotatable bonds is 5. The highest BCUT2D eigenvalue weighted by molar-refractivity contribution is 8.04. The van der Waals surface area contributed by atoms with Crippen molar-refractivity contribution in [3.05, 3.63) is 98.4 Å². The lowest BCUT2D eigenvalue weighted by molar-refractivity contribution is -0.384. The number of aliphatic imine (C=N–C) groups is 1. The minimum absolute atomic E-state index is 0.0244. The molecule has 10 heteroatoms. The minimum Gasteiger partial charge on any atom is -0.258 e. The second kappa shape index (κ2) is 8.64. The van der Waals surface area contributed by atoms with E-state index in [2.05, 4.69) is 4.99 Å². The zero-order valence-electron chi connectivity index (χ0n) is 16.2. The van der Waals surface area contributed by atoms with Crippen molar-refractivity contribution in [1.82, 2.24) is 0 Å². The highest BCUT2D eigenvalue weighted by Gasteiger charge is 2.22. The summed E-state index contributed by atoms with van der Waals surface area (Å²) in [6.45, 7) is 0. The molecule has 0 aromatic heterocycles. The minimum atomic E-state index is -4.01. The van der Waals surface area contributed by atoms with Gasteiger partial charge >= 0.3 is 0 Å². The van der Waals surface area contributed by atoms with Gasteiger partial charge in [0, 0.05) is 33.7 Å². The van der Waals surface area contributed by atoms with Crippen LogP contribution < -0.4 is 0 Å². The van der Waals surface area contributed by atoms with Gasteiger partial charge in [0.05, 0.1) is 21.3 Å². The van der Waals surface area contributed by atoms with Crippen LogP contribution in [0.5, 0.6) is 0 Å². The average molecular weight is 472 g/mol. The number of fused-ring (bicyclic) bond motifs is 1. The molecule has 1 aliphatic heterocycles. The molecule has 0 spiro atoms. The summed E-state index contributed by atoms with van der Waals surface area (Å²) >= 11 is 1.27. The van der Waals surface area contributed by atoms with E-state index in [1.807, 2.05) is 0 Å². The van der Waals surface area contributed by atoms with Crippen molar-refractivity contribution >= 4 is 45.3 Å². The van der Waals surface area contributed by atoms with E-state index in [9.17, 15) is 27.3 Å². The number of nitrogens with zero attached hydrogens (tertiary/aromatic N) is 2. The maximum Gasteiger partial charge on any atom is 0.269 e. The quantitative estimate of drug-likeness (QED) is 0.351. The topological polar surface area (TPSA) is 89.6 Å². The van der Waals surface area contributed by atoms with E-state index in [1.54, 1.807) is 24.4 Å². The Bertz CT molecular complexity index is 1370. The van der Waals surface area contributed by atoms with Crippen molar-refractivity contribution in [2.75, 3.05) is 0 Å². The summed E-state index contributed by atoms with van der Waals surface area (Å²) in [5.74, 6) is -2.64. The largest absolute Gasteiger partial charge is 0.269 e. The summed E-state index contributed by atoms with van der Waals surface area (Å²) < 4.78 is 53.5. The second-order valence-corrected chi connectivity index (χ2v) is 9.95. The number of sulfone groups is 1. The van der Waals surface area contributed by atoms with Crippen molar-refractivity contribution in [3.8, 4) is 0 Å². The Morgan fingerprint density at radius 2 is 1.72 bits per heavy atom. The van der Waals surface area contributed by atoms with Crippen LogP contribution in [0.4, 0.5) is 20.2 Å². The van der Waals surface area contributed by atoms with Gasteiger partial charge in [-0.15, -0.1) is 0 Å². The number of nitro groups is 1. The molecule has 162 valence electrons. The Kier molecular flexibility index (Phi) is 5.90. The number of hydrogen-bond donors (Lipinski definition) is 0. The van der Waals surface area contributed by atoms with Crippen molar-refractivity contribution < 1.29 is 22.1 Å². The third-order valence-electron chi connectivity index (χ3n) is 4.66. The predicted octanol–water partition coefficient (Wildman–Crippen LogP) is 5.70. The van der Waals surface area contributed by atoms with Gasteiger partial charge in [0.1, 0.15) is 11.6 Å². The van der Waals surface area contributed by atoms with Gasteiger partial charge in [-0.3, -0.25) is 15.1 Å². The van der Waals surface area contributed by atoms with E-state index in [0.29, 0.717) is 21.1 Å². The van der Waals surface area contributed by atoms with Gasteiger partial charge in [-0.1, -0.05) is 17.8 Å². The standard InChI is InChI=1S/C22H14F2N2O4S2/c23-19-2-1-3-20(24)18(19)13-32(29,30)17-8-9-21-22(11-17)31-16(12-25-21)10-14-4-6-15(7-5-14)26(27)28/h1-12H,13H2/b16-10-. The van der Waals surface area contributed by atoms with Crippen molar-refractivity contribution in [3.63, 3.8) is 0 Å². The Morgan fingerprint density at radius 3 is 2.38 bits per heavy atom. The SMILES string of the molecule is O=[N+]([O-])c1ccc(/C=C2/C=Nc3ccc(S(=O)(=O)Cc4c(F)cccc4F)cc3S2)cc1. The summed E-state index contributed by atoms with van der Waals surface area (Å²) in [6.07, 6.45) is 3.37. The summed E-state index contributed by atoms with van der Waals surface area (Å²) in [4.78, 5) is 15.8. The molecule has 0 fully saturated rings. The number of halogens is 2. The zero-order valence-corrected chi connectivity index (χ0v) is 17.9. The van der Waals surface area contributed by atoms with Gasteiger partial charge < -0.3 is 0 Å². The van der Waals surface area contributed by atoms with Gasteiger partial charge in [-0.25, -0.2) is 17.2 Å². The zero-order chi connectivity index (χ0) is 22.9. The first-order valence-electron chi connectivity index (χ1n) is 9.21. The van der Waals surface area contributed by atoms with Gasteiger partial charge in [-0.05, 0) is 54.1 Å². The van der Waals surface area contributed by atoms with Gasteiger partial charge in [-0.2, -0.15) is 0 Å². The molecule has 32 heavy (non-hydrogen) atoms. The molecule has 4 rings (SSSR count). The van der Waals surface area contributed by atoms with Crippen molar-refractivity contribution in [2.45, 2.75) is 15.5 Å². The molecule has 0 bridgehead atoms. The summed E-state index contributed by atoms with van der Waals surface area (Å²) in [7, 11) is -4.01. The molecule has 1 aliphatic rings. The highest BCUT2D eigenvalue weighted by atomic mass is 32.2. The van der Waals surface area contributed by atoms with Gasteiger partial charge in [0.25, 0.3) is 5.69 Å². The molecule has 0 saturated heterocycles. The highest BCUT2D eigenvalue weighted by Crippen LogP contribution is 2.40. The first-order valence-corrected chi connectivity index (χ1v) is 11.7. The van der Waals surface area contributed by atoms with E-state index in [4.69, 9.17) is 0 Å². The third-order valence-corrected chi connectivity index (χ3v) is 7.30. The van der Waals surface area contributed by atoms with Crippen LogP contribution in [0.1, 0.15) is 11.1 Å². The number of thioether (sulfide) groups is 1. The summed E-state index contributed by atoms with van der Waals surface area (Å²) in [5.41, 5.74) is 0.747. The predicted molar refractivity (Wildman–Crippen MR) is 119 cm³/mol. The lowest BCUT2D eigenvalue weighted by Gasteiger charge is -2.14. The molecule has 6 nitrogen and oxygen atoms in total. The number of benzene rings is 3. The fourth-order valence-corrected chi connectivity index (χ4v) is 5.47. The van der Waals surface area contributed by atoms with Crippen LogP contribution >= 0.6 is 11.8 Å². The van der Waals surface area contributed by atoms with Crippen LogP contribution in [-0.4, -0.2) is 19.6 Å². The Hall–Kier alpha value is -3.37. The first kappa shape index (κ1) is 21.8. The van der Waals surface area contributed by atoms with Crippen molar-refractivity contribution in [1.29, 1.82) is 0 Å². The molecule has 0 aliphatic carbocycles. The summed E-state index contributed by atoms with van der Waals surface area (Å²) in [5, 5.41) is 10.8. The Balaban J connectivity index is 1.60. The molecule has 0 N–H and O–H groups in total. The second-order valence-electron chi connectivity index (χ2n) is 6.84. The molecular weight excluding hydrogens is 458 g/mol. The number of nitro benzene ring substituents is 1. The van der Waals surface area contributed by atoms with E-state index >= 15 is 0 Å². The number of hydrogen-bond acceptors (Lipinski definition) is 6. The maximum atomic E-state index is 13.9. The van der Waals surface area contributed by atoms with Crippen LogP contribution in [0.15, 0.2) is 80.4 Å². The van der Waals surface area contributed by atoms with Crippen LogP contribution in [0, 0.1) is 21.7 Å². The van der Waals surface area contributed by atoms with Crippen LogP contribution in [0.3, 0.4) is 0 Å². The summed E-state index contributed by atoms with van der Waals surface area (Å²) in [6, 6.07) is 13.5. The van der Waals surface area contributed by atoms with Crippen LogP contribution in [-0.2, 0) is 15.6 Å². The smallest absolute Gasteiger partial charge is 0.258 e. The molecule has 0 radical (unpaired) electrons. The van der Waals surface area contributed by atoms with Crippen LogP contribution in [0.25, 0.3) is 6.08 Å². The molecular formula is C22H14F2N2O4S2. The molecule has 3 aromatic carbocycles. The number of non-ortho nitro benzene ring substituents is 1. The van der Waals surface area contributed by atoms with Gasteiger partial charge in [0.2, 0.25) is 0 Å². The molecule has 0 saturated carbocycles.